The second-order valence-electron chi connectivity index (χ2n) is 6.19. The third kappa shape index (κ3) is 5.23. The first kappa shape index (κ1) is 17.2. The Labute approximate surface area is 132 Å². The van der Waals surface area contributed by atoms with Crippen LogP contribution in [0, 0.1) is 0 Å². The number of aliphatic hydroxyl groups excluding tert-OH is 1. The monoisotopic (exact) mass is 312 g/mol. The molecule has 0 atom stereocenters. The van der Waals surface area contributed by atoms with E-state index in [1.807, 2.05) is 4.90 Å². The van der Waals surface area contributed by atoms with E-state index in [0.29, 0.717) is 6.54 Å². The summed E-state index contributed by atoms with van der Waals surface area (Å²) >= 11 is 0. The average molecular weight is 312 g/mol. The van der Waals surface area contributed by atoms with Gasteiger partial charge in [-0.25, -0.2) is 0 Å². The Hall–Kier alpha value is -1.18. The molecule has 0 spiro atoms. The van der Waals surface area contributed by atoms with Gasteiger partial charge in [-0.2, -0.15) is 0 Å². The topological polar surface area (TPSA) is 76.1 Å². The average Bonchev–Trinajstić information content (AvgIpc) is 2.50. The molecule has 2 saturated heterocycles. The van der Waals surface area contributed by atoms with Gasteiger partial charge in [0.2, 0.25) is 11.8 Å². The minimum Gasteiger partial charge on any atom is -0.395 e. The Kier molecular flexibility index (Phi) is 6.60. The zero-order chi connectivity index (χ0) is 15.9. The molecule has 126 valence electrons. The number of piperidine rings is 1. The van der Waals surface area contributed by atoms with Crippen LogP contribution < -0.4 is 5.32 Å². The molecule has 22 heavy (non-hydrogen) atoms. The smallest absolute Gasteiger partial charge is 0.234 e. The van der Waals surface area contributed by atoms with Gasteiger partial charge in [0.1, 0.15) is 0 Å². The maximum absolute atomic E-state index is 12.1. The predicted molar refractivity (Wildman–Crippen MR) is 83.4 cm³/mol. The molecule has 0 radical (unpaired) electrons. The van der Waals surface area contributed by atoms with Crippen molar-refractivity contribution >= 4 is 11.8 Å². The number of hydrogen-bond acceptors (Lipinski definition) is 5. The van der Waals surface area contributed by atoms with Crippen LogP contribution >= 0.6 is 0 Å². The van der Waals surface area contributed by atoms with E-state index in [1.165, 1.54) is 0 Å². The molecule has 2 N–H and O–H groups in total. The summed E-state index contributed by atoms with van der Waals surface area (Å²) in [6.45, 7) is 7.98. The van der Waals surface area contributed by atoms with E-state index < -0.39 is 0 Å². The molecule has 7 nitrogen and oxygen atoms in total. The number of piperazine rings is 1. The second-order valence-corrected chi connectivity index (χ2v) is 6.19. The van der Waals surface area contributed by atoms with Gasteiger partial charge in [0.05, 0.1) is 13.2 Å². The lowest BCUT2D eigenvalue weighted by atomic mass is 10.1. The summed E-state index contributed by atoms with van der Waals surface area (Å²) in [6, 6.07) is 0.193. The number of nitrogens with zero attached hydrogens (tertiary/aromatic N) is 3. The van der Waals surface area contributed by atoms with Gasteiger partial charge in [-0.3, -0.25) is 19.4 Å². The van der Waals surface area contributed by atoms with Crippen LogP contribution in [0.25, 0.3) is 0 Å². The van der Waals surface area contributed by atoms with Crippen molar-refractivity contribution in [3.05, 3.63) is 0 Å². The van der Waals surface area contributed by atoms with E-state index in [2.05, 4.69) is 15.1 Å². The summed E-state index contributed by atoms with van der Waals surface area (Å²) in [5.74, 6) is 0.197. The molecule has 0 aromatic carbocycles. The molecule has 0 unspecified atom stereocenters. The fourth-order valence-electron chi connectivity index (χ4n) is 3.13. The van der Waals surface area contributed by atoms with Crippen molar-refractivity contribution in [2.75, 3.05) is 59.0 Å². The van der Waals surface area contributed by atoms with Crippen LogP contribution in [0.15, 0.2) is 0 Å². The standard InChI is InChI=1S/C15H28N4O3/c1-13(21)19-4-2-14(3-5-19)16-15(22)12-18-8-6-17(7-9-18)10-11-20/h14,20H,2-12H2,1H3,(H,16,22). The number of hydrogen-bond donors (Lipinski definition) is 2. The molecule has 0 saturated carbocycles. The number of aliphatic hydroxyl groups is 1. The maximum Gasteiger partial charge on any atom is 0.234 e. The number of likely N-dealkylation sites (tertiary alicyclic amines) is 1. The highest BCUT2D eigenvalue weighted by atomic mass is 16.3. The van der Waals surface area contributed by atoms with Crippen LogP contribution in [0.5, 0.6) is 0 Å². The van der Waals surface area contributed by atoms with E-state index >= 15 is 0 Å². The van der Waals surface area contributed by atoms with Gasteiger partial charge in [0, 0.05) is 58.8 Å². The SMILES string of the molecule is CC(=O)N1CCC(NC(=O)CN2CCN(CCO)CC2)CC1. The Morgan fingerprint density at radius 1 is 1.05 bits per heavy atom. The van der Waals surface area contributed by atoms with E-state index in [4.69, 9.17) is 5.11 Å². The van der Waals surface area contributed by atoms with Crippen LogP contribution in [-0.2, 0) is 9.59 Å². The van der Waals surface area contributed by atoms with Crippen LogP contribution in [0.2, 0.25) is 0 Å². The summed E-state index contributed by atoms with van der Waals surface area (Å²) < 4.78 is 0. The van der Waals surface area contributed by atoms with Gasteiger partial charge in [-0.1, -0.05) is 0 Å². The van der Waals surface area contributed by atoms with E-state index in [-0.39, 0.29) is 24.5 Å². The molecule has 2 fully saturated rings. The maximum atomic E-state index is 12.1. The first-order chi connectivity index (χ1) is 10.6. The van der Waals surface area contributed by atoms with E-state index in [9.17, 15) is 9.59 Å². The highest BCUT2D eigenvalue weighted by Crippen LogP contribution is 2.10. The third-order valence-electron chi connectivity index (χ3n) is 4.55. The molecular weight excluding hydrogens is 284 g/mol. The van der Waals surface area contributed by atoms with Crippen molar-refractivity contribution in [2.24, 2.45) is 0 Å². The van der Waals surface area contributed by atoms with Crippen LogP contribution in [-0.4, -0.2) is 96.6 Å². The fourth-order valence-corrected chi connectivity index (χ4v) is 3.13. The van der Waals surface area contributed by atoms with Crippen molar-refractivity contribution in [1.29, 1.82) is 0 Å². The molecule has 0 aromatic heterocycles. The summed E-state index contributed by atoms with van der Waals surface area (Å²) in [4.78, 5) is 29.6. The van der Waals surface area contributed by atoms with Gasteiger partial charge in [0.25, 0.3) is 0 Å². The molecule has 2 amide bonds. The lowest BCUT2D eigenvalue weighted by Crippen LogP contribution is -2.52. The van der Waals surface area contributed by atoms with Gasteiger partial charge in [-0.05, 0) is 12.8 Å². The molecule has 2 aliphatic heterocycles. The molecule has 0 aliphatic carbocycles. The van der Waals surface area contributed by atoms with E-state index in [1.54, 1.807) is 6.92 Å². The number of carbonyl (C=O) groups is 2. The van der Waals surface area contributed by atoms with Gasteiger partial charge in [-0.15, -0.1) is 0 Å². The predicted octanol–water partition coefficient (Wildman–Crippen LogP) is -1.28. The Balaban J connectivity index is 1.63. The molecule has 2 aliphatic rings. The van der Waals surface area contributed by atoms with Crippen molar-refractivity contribution in [3.63, 3.8) is 0 Å². The highest BCUT2D eigenvalue weighted by molar-refractivity contribution is 5.78. The largest absolute Gasteiger partial charge is 0.395 e. The number of amides is 2. The Morgan fingerprint density at radius 3 is 2.18 bits per heavy atom. The van der Waals surface area contributed by atoms with E-state index in [0.717, 1.165) is 58.7 Å². The molecular formula is C15H28N4O3. The third-order valence-corrected chi connectivity index (χ3v) is 4.55. The summed E-state index contributed by atoms with van der Waals surface area (Å²) in [6.07, 6.45) is 1.69. The van der Waals surface area contributed by atoms with Crippen LogP contribution in [0.3, 0.4) is 0 Å². The number of rotatable bonds is 5. The van der Waals surface area contributed by atoms with Crippen molar-refractivity contribution in [1.82, 2.24) is 20.0 Å². The minimum atomic E-state index is 0.0804. The molecule has 2 rings (SSSR count). The summed E-state index contributed by atoms with van der Waals surface area (Å²) in [5, 5.41) is 12.0. The normalized spacial score (nSPS) is 21.8. The van der Waals surface area contributed by atoms with Gasteiger partial charge >= 0.3 is 0 Å². The van der Waals surface area contributed by atoms with Crippen LogP contribution in [0.4, 0.5) is 0 Å². The van der Waals surface area contributed by atoms with Crippen molar-refractivity contribution in [3.8, 4) is 0 Å². The Bertz CT molecular complexity index is 375. The first-order valence-corrected chi connectivity index (χ1v) is 8.19. The second kappa shape index (κ2) is 8.45. The highest BCUT2D eigenvalue weighted by Gasteiger charge is 2.23. The van der Waals surface area contributed by atoms with Gasteiger partial charge < -0.3 is 15.3 Å². The van der Waals surface area contributed by atoms with Crippen molar-refractivity contribution < 1.29 is 14.7 Å². The zero-order valence-electron chi connectivity index (χ0n) is 13.5. The van der Waals surface area contributed by atoms with Crippen molar-refractivity contribution in [2.45, 2.75) is 25.8 Å². The number of β-amino-alcohol motifs (C(OH)–C–C–N with tert-alkyl or cyclic N) is 1. The number of carbonyl (C=O) groups excluding carboxylic acids is 2. The van der Waals surface area contributed by atoms with Crippen LogP contribution in [0.1, 0.15) is 19.8 Å². The summed E-state index contributed by atoms with van der Waals surface area (Å²) in [7, 11) is 0. The molecule has 0 bridgehead atoms. The van der Waals surface area contributed by atoms with Gasteiger partial charge in [0.15, 0.2) is 0 Å². The molecule has 0 aromatic rings. The fraction of sp³-hybridized carbons (Fsp3) is 0.867. The minimum absolute atomic E-state index is 0.0804. The molecule has 2 heterocycles. The quantitative estimate of drug-likeness (QED) is 0.662. The number of nitrogens with one attached hydrogen (secondary N) is 1. The summed E-state index contributed by atoms with van der Waals surface area (Å²) in [5.41, 5.74) is 0. The zero-order valence-corrected chi connectivity index (χ0v) is 13.5. The lowest BCUT2D eigenvalue weighted by molar-refractivity contribution is -0.130. The Morgan fingerprint density at radius 2 is 1.64 bits per heavy atom. The first-order valence-electron chi connectivity index (χ1n) is 8.19. The lowest BCUT2D eigenvalue weighted by Gasteiger charge is -2.35. The molecule has 7 heteroatoms.